The van der Waals surface area contributed by atoms with Crippen molar-refractivity contribution in [2.75, 3.05) is 50.9 Å². The Hall–Kier alpha value is -5.46. The van der Waals surface area contributed by atoms with E-state index in [4.69, 9.17) is 9.47 Å². The van der Waals surface area contributed by atoms with Crippen LogP contribution < -0.4 is 25.6 Å². The van der Waals surface area contributed by atoms with Crippen molar-refractivity contribution in [1.82, 2.24) is 30.8 Å². The highest BCUT2D eigenvalue weighted by Gasteiger charge is 2.42. The largest absolute Gasteiger partial charge is 0.511 e. The molecule has 14 nitrogen and oxygen atoms in total. The van der Waals surface area contributed by atoms with E-state index in [9.17, 15) is 33.1 Å². The molecule has 6 rings (SSSR count). The van der Waals surface area contributed by atoms with Crippen LogP contribution in [0.1, 0.15) is 77.1 Å². The lowest BCUT2D eigenvalue weighted by atomic mass is 9.85. The fourth-order valence-corrected chi connectivity index (χ4v) is 9.00. The van der Waals surface area contributed by atoms with Gasteiger partial charge in [0, 0.05) is 37.0 Å². The van der Waals surface area contributed by atoms with Gasteiger partial charge in [0.15, 0.2) is 23.3 Å². The molecule has 2 aliphatic heterocycles. The third kappa shape index (κ3) is 12.2. The summed E-state index contributed by atoms with van der Waals surface area (Å²) in [6.07, 6.45) is 4.00. The minimum absolute atomic E-state index is 0.109. The maximum atomic E-state index is 14.9. The summed E-state index contributed by atoms with van der Waals surface area (Å²) in [5.74, 6) is -4.55. The Morgan fingerprint density at radius 1 is 0.984 bits per heavy atom. The number of nitrogens with one attached hydrogen (secondary N) is 3. The number of thiazole rings is 2. The van der Waals surface area contributed by atoms with Gasteiger partial charge < -0.3 is 40.3 Å². The molecule has 338 valence electrons. The van der Waals surface area contributed by atoms with Crippen LogP contribution in [0.2, 0.25) is 0 Å². The second-order valence-corrected chi connectivity index (χ2v) is 18.4. The number of aliphatic hydroxyl groups is 1. The molecule has 3 atom stereocenters. The van der Waals surface area contributed by atoms with Crippen molar-refractivity contribution < 1.29 is 42.5 Å². The van der Waals surface area contributed by atoms with E-state index in [1.165, 1.54) is 28.4 Å². The molecule has 4 heterocycles. The molecule has 0 aliphatic carbocycles. The van der Waals surface area contributed by atoms with E-state index in [0.717, 1.165) is 32.9 Å². The molecule has 0 spiro atoms. The minimum atomic E-state index is -1.20. The zero-order valence-corrected chi connectivity index (χ0v) is 37.8. The number of nitrogens with zero attached hydrogens (tertiary/aromatic N) is 4. The first-order chi connectivity index (χ1) is 30.1. The lowest BCUT2D eigenvalue weighted by molar-refractivity contribution is -0.143. The third-order valence-electron chi connectivity index (χ3n) is 10.9. The number of aryl methyl sites for hydroxylation is 1. The Balaban J connectivity index is 0.920. The summed E-state index contributed by atoms with van der Waals surface area (Å²) >= 11 is 2.93. The van der Waals surface area contributed by atoms with Crippen molar-refractivity contribution in [1.29, 1.82) is 0 Å². The summed E-state index contributed by atoms with van der Waals surface area (Å²) in [5.41, 5.74) is 4.59. The van der Waals surface area contributed by atoms with Crippen LogP contribution in [0.4, 0.5) is 13.9 Å². The molecule has 1 saturated heterocycles. The Morgan fingerprint density at radius 3 is 2.41 bits per heavy atom. The number of anilines is 1. The van der Waals surface area contributed by atoms with E-state index in [2.05, 4.69) is 30.8 Å². The molecule has 0 radical (unpaired) electrons. The van der Waals surface area contributed by atoms with Gasteiger partial charge in [0.2, 0.25) is 23.5 Å². The predicted molar refractivity (Wildman–Crippen MR) is 239 cm³/mol. The average Bonchev–Trinajstić information content (AvgIpc) is 4.03. The van der Waals surface area contributed by atoms with Crippen molar-refractivity contribution >= 4 is 51.4 Å². The lowest BCUT2D eigenvalue weighted by Crippen LogP contribution is -2.58. The molecule has 63 heavy (non-hydrogen) atoms. The first-order valence-electron chi connectivity index (χ1n) is 21.1. The van der Waals surface area contributed by atoms with Crippen LogP contribution in [0.5, 0.6) is 5.75 Å². The number of unbranched alkanes of at least 4 members (excludes halogenated alkanes) is 3. The van der Waals surface area contributed by atoms with E-state index in [1.54, 1.807) is 22.2 Å². The number of benzene rings is 2. The highest BCUT2D eigenvalue weighted by Crippen LogP contribution is 2.37. The number of carbonyl (C=O) groups excluding carboxylic acids is 4. The van der Waals surface area contributed by atoms with Crippen LogP contribution in [0, 0.1) is 24.0 Å². The number of halogens is 2. The number of morpholine rings is 1. The number of amides is 4. The van der Waals surface area contributed by atoms with Crippen molar-refractivity contribution in [3.8, 4) is 27.4 Å². The normalized spacial score (nSPS) is 16.3. The maximum absolute atomic E-state index is 14.9. The fourth-order valence-electron chi connectivity index (χ4n) is 7.31. The van der Waals surface area contributed by atoms with Crippen LogP contribution in [-0.4, -0.2) is 102 Å². The summed E-state index contributed by atoms with van der Waals surface area (Å²) in [7, 11) is 0. The van der Waals surface area contributed by atoms with E-state index >= 15 is 0 Å². The Bertz CT molecular complexity index is 2270. The highest BCUT2D eigenvalue weighted by atomic mass is 32.1. The molecular weight excluding hydrogens is 853 g/mol. The number of ether oxygens (including phenoxy) is 2. The average molecular weight is 908 g/mol. The Morgan fingerprint density at radius 2 is 1.71 bits per heavy atom. The molecule has 2 aromatic carbocycles. The molecule has 0 saturated carbocycles. The molecule has 2 aliphatic rings. The summed E-state index contributed by atoms with van der Waals surface area (Å²) in [6.45, 7) is 11.4. The van der Waals surface area contributed by atoms with Crippen molar-refractivity contribution in [2.24, 2.45) is 5.41 Å². The predicted octanol–water partition coefficient (Wildman–Crippen LogP) is 6.86. The molecule has 4 aromatic rings. The molecule has 18 heteroatoms. The van der Waals surface area contributed by atoms with Crippen molar-refractivity contribution in [3.05, 3.63) is 82.0 Å². The molecule has 4 N–H and O–H groups in total. The van der Waals surface area contributed by atoms with Crippen LogP contribution in [-0.2, 0) is 23.9 Å². The van der Waals surface area contributed by atoms with Crippen LogP contribution >= 0.6 is 22.7 Å². The van der Waals surface area contributed by atoms with Gasteiger partial charge in [0.1, 0.15) is 17.8 Å². The Labute approximate surface area is 374 Å². The zero-order chi connectivity index (χ0) is 45.3. The van der Waals surface area contributed by atoms with E-state index < -0.39 is 53.5 Å². The monoisotopic (exact) mass is 907 g/mol. The van der Waals surface area contributed by atoms with Gasteiger partial charge in [-0.1, -0.05) is 57.9 Å². The molecule has 0 bridgehead atoms. The van der Waals surface area contributed by atoms with E-state index in [0.29, 0.717) is 64.2 Å². The van der Waals surface area contributed by atoms with Gasteiger partial charge >= 0.3 is 0 Å². The van der Waals surface area contributed by atoms with Gasteiger partial charge in [-0.25, -0.2) is 14.4 Å². The van der Waals surface area contributed by atoms with Gasteiger partial charge in [0.25, 0.3) is 5.91 Å². The standard InChI is InChI=1S/C45H55F2N7O7S2/c1-27(29-11-13-30(14-12-29)40-28(2)49-26-63-40)50-42(58)35-22-31(55)23-54(35)43(59)41(45(3,4)5)52-36(56)10-8-6-7-9-17-48-37(57)24-61-39-32(15-16-33(46)38(39)47)34-25-62-44(51-34)53-18-20-60-21-19-53/h11-16,22,25-27,35,41,55H,6-10,17-21,23-24H2,1-5H3,(H,48,57)(H,50,58)(H,52,56)/t27-,35-,41+/m0/s1. The van der Waals surface area contributed by atoms with Crippen LogP contribution in [0.15, 0.2) is 59.1 Å². The quantitative estimate of drug-likeness (QED) is 0.0773. The summed E-state index contributed by atoms with van der Waals surface area (Å²) < 4.78 is 40.0. The van der Waals surface area contributed by atoms with Crippen molar-refractivity contribution in [2.45, 2.75) is 84.8 Å². The maximum Gasteiger partial charge on any atom is 0.257 e. The minimum Gasteiger partial charge on any atom is -0.511 e. The van der Waals surface area contributed by atoms with Crippen molar-refractivity contribution in [3.63, 3.8) is 0 Å². The van der Waals surface area contributed by atoms with Gasteiger partial charge in [0.05, 0.1) is 47.6 Å². The second-order valence-electron chi connectivity index (χ2n) is 16.7. The molecule has 2 aromatic heterocycles. The summed E-state index contributed by atoms with van der Waals surface area (Å²) in [5, 5.41) is 21.5. The molecule has 4 amide bonds. The number of hydrogen-bond donors (Lipinski definition) is 4. The van der Waals surface area contributed by atoms with E-state index in [-0.39, 0.29) is 42.0 Å². The lowest BCUT2D eigenvalue weighted by Gasteiger charge is -2.35. The summed E-state index contributed by atoms with van der Waals surface area (Å²) in [4.78, 5) is 66.7. The van der Waals surface area contributed by atoms with Gasteiger partial charge in [-0.2, -0.15) is 4.39 Å². The highest BCUT2D eigenvalue weighted by molar-refractivity contribution is 7.14. The topological polar surface area (TPSA) is 175 Å². The Kier molecular flexibility index (Phi) is 15.9. The smallest absolute Gasteiger partial charge is 0.257 e. The molecular formula is C45H55F2N7O7S2. The van der Waals surface area contributed by atoms with Crippen LogP contribution in [0.25, 0.3) is 21.7 Å². The fraction of sp³-hybridized carbons (Fsp3) is 0.467. The SMILES string of the molecule is Cc1ncsc1-c1ccc([C@H](C)NC(=O)[C@@H]2C=C(O)CN2C(=O)[C@@H](NC(=O)CCCCCCNC(=O)COc2c(-c3csc(N4CCOCC4)n3)ccc(F)c2F)C(C)(C)C)cc1. The first-order valence-corrected chi connectivity index (χ1v) is 22.8. The number of aliphatic hydroxyl groups excluding tert-OH is 1. The first kappa shape index (κ1) is 47.0. The van der Waals surface area contributed by atoms with Crippen LogP contribution in [0.3, 0.4) is 0 Å². The molecule has 0 unspecified atom stereocenters. The number of aromatic nitrogens is 2. The van der Waals surface area contributed by atoms with Gasteiger partial charge in [-0.05, 0) is 61.4 Å². The van der Waals surface area contributed by atoms with Gasteiger partial charge in [-0.3, -0.25) is 19.2 Å². The zero-order valence-electron chi connectivity index (χ0n) is 36.2. The number of carbonyl (C=O) groups is 4. The summed E-state index contributed by atoms with van der Waals surface area (Å²) in [6, 6.07) is 7.80. The second kappa shape index (κ2) is 21.3. The third-order valence-corrected chi connectivity index (χ3v) is 12.7. The molecule has 1 fully saturated rings. The van der Waals surface area contributed by atoms with E-state index in [1.807, 2.05) is 58.9 Å². The number of rotatable bonds is 18. The number of hydrogen-bond acceptors (Lipinski definition) is 12. The van der Waals surface area contributed by atoms with Gasteiger partial charge in [-0.15, -0.1) is 22.7 Å².